The van der Waals surface area contributed by atoms with Crippen LogP contribution >= 0.6 is 0 Å². The highest BCUT2D eigenvalue weighted by molar-refractivity contribution is 5.95. The van der Waals surface area contributed by atoms with Crippen LogP contribution in [0.2, 0.25) is 0 Å². The van der Waals surface area contributed by atoms with Crippen molar-refractivity contribution in [3.63, 3.8) is 0 Å². The standard InChI is InChI=1S/C19H31N3O2/c1-6-7-8-9-16(5)21-19(24)20-12-17(23)22-18-14(3)10-13(2)11-15(18)4/h10-11,16H,6-9,12H2,1-5H3,(H,22,23)(H2,20,21,24). The van der Waals surface area contributed by atoms with Crippen molar-refractivity contribution in [2.45, 2.75) is 66.3 Å². The molecule has 0 spiro atoms. The van der Waals surface area contributed by atoms with E-state index >= 15 is 0 Å². The third kappa shape index (κ3) is 7.02. The zero-order valence-electron chi connectivity index (χ0n) is 15.6. The average Bonchev–Trinajstić information content (AvgIpc) is 2.49. The van der Waals surface area contributed by atoms with Gasteiger partial charge in [0.05, 0.1) is 6.54 Å². The minimum absolute atomic E-state index is 0.0414. The van der Waals surface area contributed by atoms with Gasteiger partial charge in [-0.05, 0) is 45.2 Å². The molecule has 1 aromatic rings. The first-order valence-electron chi connectivity index (χ1n) is 8.75. The second-order valence-electron chi connectivity index (χ2n) is 6.55. The maximum absolute atomic E-state index is 12.0. The first-order chi connectivity index (χ1) is 11.3. The predicted octanol–water partition coefficient (Wildman–Crippen LogP) is 3.82. The lowest BCUT2D eigenvalue weighted by Crippen LogP contribution is -2.43. The summed E-state index contributed by atoms with van der Waals surface area (Å²) in [6.45, 7) is 10.1. The van der Waals surface area contributed by atoms with Crippen molar-refractivity contribution in [3.8, 4) is 0 Å². The van der Waals surface area contributed by atoms with Gasteiger partial charge in [-0.1, -0.05) is 43.9 Å². The van der Waals surface area contributed by atoms with Crippen molar-refractivity contribution in [2.24, 2.45) is 0 Å². The Hall–Kier alpha value is -2.04. The van der Waals surface area contributed by atoms with E-state index in [1.807, 2.05) is 39.8 Å². The topological polar surface area (TPSA) is 70.2 Å². The quantitative estimate of drug-likeness (QED) is 0.633. The second kappa shape index (κ2) is 9.96. The van der Waals surface area contributed by atoms with Crippen LogP contribution in [0.1, 0.15) is 56.2 Å². The molecule has 3 N–H and O–H groups in total. The van der Waals surface area contributed by atoms with Crippen molar-refractivity contribution < 1.29 is 9.59 Å². The zero-order valence-corrected chi connectivity index (χ0v) is 15.6. The van der Waals surface area contributed by atoms with Gasteiger partial charge in [-0.15, -0.1) is 0 Å². The predicted molar refractivity (Wildman–Crippen MR) is 99.4 cm³/mol. The smallest absolute Gasteiger partial charge is 0.315 e. The zero-order chi connectivity index (χ0) is 18.1. The van der Waals surface area contributed by atoms with Crippen molar-refractivity contribution in [1.29, 1.82) is 0 Å². The van der Waals surface area contributed by atoms with Crippen molar-refractivity contribution >= 4 is 17.6 Å². The molecule has 5 nitrogen and oxygen atoms in total. The highest BCUT2D eigenvalue weighted by Gasteiger charge is 2.11. The summed E-state index contributed by atoms with van der Waals surface area (Å²) < 4.78 is 0. The molecule has 0 fully saturated rings. The van der Waals surface area contributed by atoms with Gasteiger partial charge in [-0.2, -0.15) is 0 Å². The van der Waals surface area contributed by atoms with Crippen LogP contribution in [-0.4, -0.2) is 24.5 Å². The van der Waals surface area contributed by atoms with E-state index in [0.717, 1.165) is 41.6 Å². The third-order valence-electron chi connectivity index (χ3n) is 3.97. The second-order valence-corrected chi connectivity index (χ2v) is 6.55. The Labute approximate surface area is 145 Å². The van der Waals surface area contributed by atoms with Gasteiger partial charge in [0.1, 0.15) is 0 Å². The average molecular weight is 333 g/mol. The van der Waals surface area contributed by atoms with Gasteiger partial charge in [0.15, 0.2) is 0 Å². The summed E-state index contributed by atoms with van der Waals surface area (Å²) in [7, 11) is 0. The van der Waals surface area contributed by atoms with Crippen LogP contribution in [0, 0.1) is 20.8 Å². The van der Waals surface area contributed by atoms with E-state index in [-0.39, 0.29) is 24.5 Å². The molecule has 0 aliphatic heterocycles. The molecule has 1 aromatic carbocycles. The number of carbonyl (C=O) groups excluding carboxylic acids is 2. The van der Waals surface area contributed by atoms with Crippen LogP contribution in [-0.2, 0) is 4.79 Å². The molecule has 24 heavy (non-hydrogen) atoms. The van der Waals surface area contributed by atoms with E-state index in [2.05, 4.69) is 22.9 Å². The van der Waals surface area contributed by atoms with Gasteiger partial charge >= 0.3 is 6.03 Å². The number of anilines is 1. The molecule has 1 atom stereocenters. The summed E-state index contributed by atoms with van der Waals surface area (Å²) in [6, 6.07) is 3.87. The number of carbonyl (C=O) groups is 2. The molecule has 3 amide bonds. The third-order valence-corrected chi connectivity index (χ3v) is 3.97. The number of unbranched alkanes of at least 4 members (excludes halogenated alkanes) is 2. The lowest BCUT2D eigenvalue weighted by Gasteiger charge is -2.15. The molecule has 0 aromatic heterocycles. The summed E-state index contributed by atoms with van der Waals surface area (Å²) in [5, 5.41) is 8.35. The lowest BCUT2D eigenvalue weighted by molar-refractivity contribution is -0.115. The number of benzene rings is 1. The molecule has 0 saturated carbocycles. The first kappa shape index (κ1) is 20.0. The Morgan fingerprint density at radius 2 is 1.71 bits per heavy atom. The maximum atomic E-state index is 12.0. The van der Waals surface area contributed by atoms with E-state index in [1.54, 1.807) is 0 Å². The van der Waals surface area contributed by atoms with Gasteiger partial charge in [-0.25, -0.2) is 4.79 Å². The number of hydrogen-bond donors (Lipinski definition) is 3. The Morgan fingerprint density at radius 3 is 2.29 bits per heavy atom. The summed E-state index contributed by atoms with van der Waals surface area (Å²) in [5.41, 5.74) is 4.03. The van der Waals surface area contributed by atoms with Gasteiger partial charge in [0, 0.05) is 11.7 Å². The van der Waals surface area contributed by atoms with Crippen molar-refractivity contribution in [2.75, 3.05) is 11.9 Å². The van der Waals surface area contributed by atoms with E-state index in [1.165, 1.54) is 6.42 Å². The van der Waals surface area contributed by atoms with Crippen molar-refractivity contribution in [3.05, 3.63) is 28.8 Å². The molecule has 0 aliphatic carbocycles. The van der Waals surface area contributed by atoms with E-state index < -0.39 is 0 Å². The molecule has 0 radical (unpaired) electrons. The maximum Gasteiger partial charge on any atom is 0.315 e. The Morgan fingerprint density at radius 1 is 1.08 bits per heavy atom. The molecule has 5 heteroatoms. The minimum atomic E-state index is -0.300. The molecule has 1 unspecified atom stereocenters. The first-order valence-corrected chi connectivity index (χ1v) is 8.75. The number of amides is 3. The van der Waals surface area contributed by atoms with Crippen LogP contribution in [0.4, 0.5) is 10.5 Å². The largest absolute Gasteiger partial charge is 0.336 e. The Bertz CT molecular complexity index is 547. The van der Waals surface area contributed by atoms with Gasteiger partial charge < -0.3 is 16.0 Å². The van der Waals surface area contributed by atoms with Crippen LogP contribution in [0.15, 0.2) is 12.1 Å². The van der Waals surface area contributed by atoms with E-state index in [0.29, 0.717) is 0 Å². The molecule has 0 aliphatic rings. The van der Waals surface area contributed by atoms with E-state index in [4.69, 9.17) is 0 Å². The van der Waals surface area contributed by atoms with Crippen LogP contribution in [0.25, 0.3) is 0 Å². The lowest BCUT2D eigenvalue weighted by atomic mass is 10.1. The van der Waals surface area contributed by atoms with Gasteiger partial charge in [-0.3, -0.25) is 4.79 Å². The highest BCUT2D eigenvalue weighted by Crippen LogP contribution is 2.21. The molecule has 0 saturated heterocycles. The van der Waals surface area contributed by atoms with Crippen molar-refractivity contribution in [1.82, 2.24) is 10.6 Å². The molecule has 0 heterocycles. The fourth-order valence-electron chi connectivity index (χ4n) is 2.77. The number of urea groups is 1. The monoisotopic (exact) mass is 333 g/mol. The fourth-order valence-corrected chi connectivity index (χ4v) is 2.77. The van der Waals surface area contributed by atoms with Crippen LogP contribution in [0.5, 0.6) is 0 Å². The van der Waals surface area contributed by atoms with E-state index in [9.17, 15) is 9.59 Å². The fraction of sp³-hybridized carbons (Fsp3) is 0.579. The summed E-state index contributed by atoms with van der Waals surface area (Å²) in [4.78, 5) is 23.9. The molecule has 0 bridgehead atoms. The number of rotatable bonds is 8. The number of nitrogens with one attached hydrogen (secondary N) is 3. The summed E-state index contributed by atoms with van der Waals surface area (Å²) >= 11 is 0. The van der Waals surface area contributed by atoms with Gasteiger partial charge in [0.25, 0.3) is 0 Å². The minimum Gasteiger partial charge on any atom is -0.336 e. The molecule has 1 rings (SSSR count). The number of aryl methyl sites for hydroxylation is 3. The molecular formula is C19H31N3O2. The normalized spacial score (nSPS) is 11.7. The summed E-state index contributed by atoms with van der Waals surface area (Å²) in [6.07, 6.45) is 4.39. The SMILES string of the molecule is CCCCCC(C)NC(=O)NCC(=O)Nc1c(C)cc(C)cc1C. The van der Waals surface area contributed by atoms with Crippen LogP contribution < -0.4 is 16.0 Å². The highest BCUT2D eigenvalue weighted by atomic mass is 16.2. The Balaban J connectivity index is 2.40. The molecule has 134 valence electrons. The van der Waals surface area contributed by atoms with Crippen LogP contribution in [0.3, 0.4) is 0 Å². The van der Waals surface area contributed by atoms with Gasteiger partial charge in [0.2, 0.25) is 5.91 Å². The number of hydrogen-bond acceptors (Lipinski definition) is 2. The Kier molecular flexibility index (Phi) is 8.30. The molecular weight excluding hydrogens is 302 g/mol. The summed E-state index contributed by atoms with van der Waals surface area (Å²) in [5.74, 6) is -0.223.